The monoisotopic (exact) mass is 718 g/mol. The van der Waals surface area contributed by atoms with Crippen molar-refractivity contribution in [2.75, 3.05) is 46.7 Å². The zero-order chi connectivity index (χ0) is 38.0. The van der Waals surface area contributed by atoms with Crippen LogP contribution in [0.3, 0.4) is 0 Å². The highest BCUT2D eigenvalue weighted by atomic mass is 31.1. The fourth-order valence-electron chi connectivity index (χ4n) is 4.99. The van der Waals surface area contributed by atoms with E-state index in [4.69, 9.17) is 14.6 Å². The minimum Gasteiger partial charge on any atom is -0.481 e. The van der Waals surface area contributed by atoms with E-state index in [1.54, 1.807) is 20.9 Å². The standard InChI is InChI=1S/C34H63N4O10P/c1-23(28(41)42)21-32(2,3)31(46)38-24(29(43)44)14-15-26(39)37-18-20-48-33(4,5)16-19-47-34(6,7)22-27(40)36-17-12-11-13-25(35-8)30(45)49(9)10/h23-25,35H,11-22H2,1-10H3,(H,36,40)(H,37,39)(H,38,46)(H,41,42)(H,43,44)/t23?,24-,25+/m0/s1. The summed E-state index contributed by atoms with van der Waals surface area (Å²) in [7, 11) is 1.17. The molecule has 0 bridgehead atoms. The molecule has 0 aliphatic heterocycles. The molecule has 0 saturated carbocycles. The molecule has 14 nitrogen and oxygen atoms in total. The van der Waals surface area contributed by atoms with Gasteiger partial charge in [-0.15, -0.1) is 0 Å². The second-order valence-electron chi connectivity index (χ2n) is 14.6. The van der Waals surface area contributed by atoms with Gasteiger partial charge in [0, 0.05) is 24.9 Å². The number of likely N-dealkylation sites (N-methyl/N-ethyl adjacent to an activating group) is 1. The van der Waals surface area contributed by atoms with Gasteiger partial charge < -0.3 is 41.0 Å². The number of carbonyl (C=O) groups excluding carboxylic acids is 4. The molecule has 1 unspecified atom stereocenters. The summed E-state index contributed by atoms with van der Waals surface area (Å²) in [6.07, 6.45) is 2.86. The lowest BCUT2D eigenvalue weighted by molar-refractivity contribution is -0.146. The summed E-state index contributed by atoms with van der Waals surface area (Å²) in [4.78, 5) is 72.6. The summed E-state index contributed by atoms with van der Waals surface area (Å²) in [5.74, 6) is -4.21. The van der Waals surface area contributed by atoms with Crippen molar-refractivity contribution < 1.29 is 48.5 Å². The van der Waals surface area contributed by atoms with Crippen molar-refractivity contribution in [3.05, 3.63) is 0 Å². The van der Waals surface area contributed by atoms with Crippen LogP contribution in [0.2, 0.25) is 0 Å². The first-order valence-corrected chi connectivity index (χ1v) is 19.2. The summed E-state index contributed by atoms with van der Waals surface area (Å²) in [6.45, 7) is 17.3. The number of carboxylic acid groups (broad SMARTS) is 2. The molecule has 0 radical (unpaired) electrons. The van der Waals surface area contributed by atoms with E-state index in [2.05, 4.69) is 21.3 Å². The Labute approximate surface area is 293 Å². The first kappa shape index (κ1) is 46.3. The third-order valence-corrected chi connectivity index (χ3v) is 9.34. The van der Waals surface area contributed by atoms with E-state index >= 15 is 0 Å². The maximum atomic E-state index is 12.7. The zero-order valence-corrected chi connectivity index (χ0v) is 32.2. The van der Waals surface area contributed by atoms with Crippen LogP contribution in [0, 0.1) is 11.3 Å². The molecule has 0 saturated heterocycles. The van der Waals surface area contributed by atoms with Gasteiger partial charge in [-0.2, -0.15) is 0 Å². The number of hydrogen-bond donors (Lipinski definition) is 6. The lowest BCUT2D eigenvalue weighted by atomic mass is 9.82. The van der Waals surface area contributed by atoms with Crippen LogP contribution < -0.4 is 21.3 Å². The molecular formula is C34H63N4O10P. The Morgan fingerprint density at radius 2 is 1.35 bits per heavy atom. The maximum absolute atomic E-state index is 12.7. The number of aliphatic carboxylic acids is 2. The Morgan fingerprint density at radius 1 is 0.755 bits per heavy atom. The van der Waals surface area contributed by atoms with Gasteiger partial charge in [-0.1, -0.05) is 20.8 Å². The van der Waals surface area contributed by atoms with Crippen LogP contribution in [-0.2, 0) is 38.2 Å². The van der Waals surface area contributed by atoms with Crippen LogP contribution in [0.1, 0.15) is 99.8 Å². The summed E-state index contributed by atoms with van der Waals surface area (Å²) < 4.78 is 11.9. The quantitative estimate of drug-likeness (QED) is 0.0537. The van der Waals surface area contributed by atoms with Gasteiger partial charge in [0.05, 0.1) is 42.8 Å². The number of hydrogen-bond acceptors (Lipinski definition) is 9. The minimum atomic E-state index is -1.30. The Kier molecular flexibility index (Phi) is 21.0. The smallest absolute Gasteiger partial charge is 0.326 e. The van der Waals surface area contributed by atoms with Crippen molar-refractivity contribution in [3.63, 3.8) is 0 Å². The molecule has 49 heavy (non-hydrogen) atoms. The molecule has 15 heteroatoms. The topological polar surface area (TPSA) is 209 Å². The van der Waals surface area contributed by atoms with Gasteiger partial charge in [-0.05, 0) is 94.5 Å². The Balaban J connectivity index is 4.42. The number of carboxylic acids is 2. The molecule has 3 amide bonds. The Hall–Kier alpha value is -2.67. The molecule has 6 N–H and O–H groups in total. The third-order valence-electron chi connectivity index (χ3n) is 8.15. The third kappa shape index (κ3) is 20.6. The molecule has 284 valence electrons. The lowest BCUT2D eigenvalue weighted by Gasteiger charge is -2.29. The summed E-state index contributed by atoms with van der Waals surface area (Å²) >= 11 is 0. The first-order chi connectivity index (χ1) is 22.5. The van der Waals surface area contributed by atoms with Crippen molar-refractivity contribution in [1.82, 2.24) is 21.3 Å². The van der Waals surface area contributed by atoms with Gasteiger partial charge in [0.25, 0.3) is 0 Å². The highest BCUT2D eigenvalue weighted by molar-refractivity contribution is 7.73. The molecule has 0 rings (SSSR count). The van der Waals surface area contributed by atoms with Gasteiger partial charge in [0.15, 0.2) is 5.52 Å². The van der Waals surface area contributed by atoms with Crippen molar-refractivity contribution in [2.45, 2.75) is 123 Å². The van der Waals surface area contributed by atoms with Crippen LogP contribution in [-0.4, -0.2) is 115 Å². The van der Waals surface area contributed by atoms with Crippen LogP contribution in [0.15, 0.2) is 0 Å². The lowest BCUT2D eigenvalue weighted by Crippen LogP contribution is -2.47. The van der Waals surface area contributed by atoms with E-state index in [0.717, 1.165) is 19.3 Å². The van der Waals surface area contributed by atoms with Crippen LogP contribution in [0.4, 0.5) is 0 Å². The summed E-state index contributed by atoms with van der Waals surface area (Å²) in [5.41, 5.74) is -2.10. The number of unbranched alkanes of at least 4 members (excludes halogenated alkanes) is 1. The Morgan fingerprint density at radius 3 is 1.90 bits per heavy atom. The Bertz CT molecular complexity index is 1100. The fraction of sp³-hybridized carbons (Fsp3) is 0.824. The average Bonchev–Trinajstić information content (AvgIpc) is 2.97. The predicted octanol–water partition coefficient (Wildman–Crippen LogP) is 3.10. The van der Waals surface area contributed by atoms with Crippen molar-refractivity contribution >= 4 is 43.1 Å². The zero-order valence-electron chi connectivity index (χ0n) is 31.3. The fourth-order valence-corrected chi connectivity index (χ4v) is 5.87. The van der Waals surface area contributed by atoms with E-state index in [1.165, 1.54) is 6.92 Å². The van der Waals surface area contributed by atoms with E-state index in [0.29, 0.717) is 19.6 Å². The summed E-state index contributed by atoms with van der Waals surface area (Å²) in [5, 5.41) is 29.8. The van der Waals surface area contributed by atoms with Crippen molar-refractivity contribution in [1.29, 1.82) is 0 Å². The highest BCUT2D eigenvalue weighted by Crippen LogP contribution is 2.29. The highest BCUT2D eigenvalue weighted by Gasteiger charge is 2.34. The summed E-state index contributed by atoms with van der Waals surface area (Å²) in [6, 6.07) is -1.43. The molecule has 0 aliphatic rings. The molecule has 0 fully saturated rings. The molecule has 0 heterocycles. The SMILES string of the molecule is CN[C@H](CCCCNC(=O)CC(C)(C)OCCC(C)(C)OCCNC(=O)CC[C@H](NC(=O)C(C)(C)CC(C)C(=O)O)C(=O)O)C(=O)P(C)C. The van der Waals surface area contributed by atoms with Gasteiger partial charge in [-0.25, -0.2) is 4.79 Å². The van der Waals surface area contributed by atoms with Crippen LogP contribution >= 0.6 is 7.92 Å². The van der Waals surface area contributed by atoms with Gasteiger partial charge in [0.1, 0.15) is 6.04 Å². The molecule has 0 aliphatic carbocycles. The van der Waals surface area contributed by atoms with Gasteiger partial charge >= 0.3 is 11.9 Å². The second kappa shape index (κ2) is 22.2. The van der Waals surface area contributed by atoms with E-state index < -0.39 is 60.3 Å². The molecule has 0 spiro atoms. The van der Waals surface area contributed by atoms with E-state index in [1.807, 2.05) is 41.0 Å². The number of amides is 3. The largest absolute Gasteiger partial charge is 0.481 e. The first-order valence-electron chi connectivity index (χ1n) is 17.0. The van der Waals surface area contributed by atoms with Gasteiger partial charge in [-0.3, -0.25) is 24.0 Å². The van der Waals surface area contributed by atoms with E-state index in [9.17, 15) is 33.9 Å². The van der Waals surface area contributed by atoms with Crippen LogP contribution in [0.25, 0.3) is 0 Å². The normalized spacial score (nSPS) is 14.1. The molecular weight excluding hydrogens is 655 g/mol. The molecule has 0 aromatic rings. The minimum absolute atomic E-state index is 0.0297. The van der Waals surface area contributed by atoms with Gasteiger partial charge in [0.2, 0.25) is 17.7 Å². The number of ether oxygens (including phenoxy) is 2. The predicted molar refractivity (Wildman–Crippen MR) is 190 cm³/mol. The van der Waals surface area contributed by atoms with Crippen molar-refractivity contribution in [2.24, 2.45) is 11.3 Å². The number of carbonyl (C=O) groups is 6. The number of rotatable bonds is 27. The van der Waals surface area contributed by atoms with E-state index in [-0.39, 0.29) is 56.3 Å². The second-order valence-corrected chi connectivity index (χ2v) is 16.9. The number of nitrogens with one attached hydrogen (secondary N) is 4. The molecule has 0 aromatic heterocycles. The van der Waals surface area contributed by atoms with Crippen LogP contribution in [0.5, 0.6) is 0 Å². The molecule has 0 aromatic carbocycles. The maximum Gasteiger partial charge on any atom is 0.326 e. The average molecular weight is 719 g/mol. The molecule has 3 atom stereocenters. The van der Waals surface area contributed by atoms with Crippen molar-refractivity contribution in [3.8, 4) is 0 Å².